The Morgan fingerprint density at radius 1 is 1.54 bits per heavy atom. The van der Waals surface area contributed by atoms with Crippen LogP contribution in [0.2, 0.25) is 0 Å². The Kier molecular flexibility index (Phi) is 3.33. The molecular weight excluding hydrogens is 188 g/mol. The smallest absolute Gasteiger partial charge is 0.336 e. The van der Waals surface area contributed by atoms with Crippen LogP contribution >= 0.6 is 11.8 Å². The molecule has 1 aromatic carbocycles. The summed E-state index contributed by atoms with van der Waals surface area (Å²) in [4.78, 5) is 11.5. The lowest BCUT2D eigenvalue weighted by atomic mass is 10.1. The number of aliphatic hydroxyl groups is 1. The zero-order valence-electron chi connectivity index (χ0n) is 7.15. The maximum absolute atomic E-state index is 10.8. The Morgan fingerprint density at radius 3 is 2.69 bits per heavy atom. The van der Waals surface area contributed by atoms with Gasteiger partial charge in [-0.3, -0.25) is 0 Å². The van der Waals surface area contributed by atoms with Gasteiger partial charge >= 0.3 is 5.97 Å². The highest BCUT2D eigenvalue weighted by atomic mass is 32.2. The van der Waals surface area contributed by atoms with Crippen molar-refractivity contribution in [3.63, 3.8) is 0 Å². The molecule has 1 rings (SSSR count). The number of aliphatic hydroxyl groups excluding tert-OH is 1. The summed E-state index contributed by atoms with van der Waals surface area (Å²) in [6.07, 6.45) is 1.82. The van der Waals surface area contributed by atoms with Crippen LogP contribution in [-0.4, -0.2) is 22.4 Å². The molecule has 0 bridgehead atoms. The van der Waals surface area contributed by atoms with Gasteiger partial charge in [-0.2, -0.15) is 0 Å². The quantitative estimate of drug-likeness (QED) is 0.724. The lowest BCUT2D eigenvalue weighted by Gasteiger charge is -2.04. The molecule has 1 aromatic rings. The molecule has 0 fully saturated rings. The molecule has 70 valence electrons. The molecule has 0 heterocycles. The summed E-state index contributed by atoms with van der Waals surface area (Å²) >= 11 is 1.38. The van der Waals surface area contributed by atoms with Crippen LogP contribution in [0.25, 0.3) is 0 Å². The van der Waals surface area contributed by atoms with Gasteiger partial charge in [-0.1, -0.05) is 6.07 Å². The Bertz CT molecular complexity index is 323. The standard InChI is InChI=1S/C9H10O3S/c1-13-8-3-2-6(5-10)4-7(8)9(11)12/h2-4,10H,5H2,1H3,(H,11,12). The van der Waals surface area contributed by atoms with Crippen molar-refractivity contribution in [1.29, 1.82) is 0 Å². The summed E-state index contributed by atoms with van der Waals surface area (Å²) in [6, 6.07) is 4.92. The Hall–Kier alpha value is -1.00. The third-order valence-corrected chi connectivity index (χ3v) is 2.47. The predicted molar refractivity (Wildman–Crippen MR) is 51.1 cm³/mol. The van der Waals surface area contributed by atoms with Crippen LogP contribution in [-0.2, 0) is 6.61 Å². The van der Waals surface area contributed by atoms with Crippen LogP contribution in [0.5, 0.6) is 0 Å². The second kappa shape index (κ2) is 4.30. The van der Waals surface area contributed by atoms with Gasteiger partial charge in [0.15, 0.2) is 0 Å². The maximum atomic E-state index is 10.8. The average Bonchev–Trinajstić information content (AvgIpc) is 2.16. The van der Waals surface area contributed by atoms with Gasteiger partial charge in [0.2, 0.25) is 0 Å². The van der Waals surface area contributed by atoms with Gasteiger partial charge in [-0.05, 0) is 24.0 Å². The highest BCUT2D eigenvalue weighted by Crippen LogP contribution is 2.21. The van der Waals surface area contributed by atoms with E-state index < -0.39 is 5.97 Å². The zero-order chi connectivity index (χ0) is 9.84. The van der Waals surface area contributed by atoms with E-state index in [2.05, 4.69) is 0 Å². The van der Waals surface area contributed by atoms with Gasteiger partial charge in [0.1, 0.15) is 0 Å². The number of rotatable bonds is 3. The lowest BCUT2D eigenvalue weighted by molar-refractivity contribution is 0.0693. The van der Waals surface area contributed by atoms with Gasteiger partial charge in [-0.25, -0.2) is 4.79 Å². The number of hydrogen-bond acceptors (Lipinski definition) is 3. The van der Waals surface area contributed by atoms with Crippen molar-refractivity contribution in [3.8, 4) is 0 Å². The summed E-state index contributed by atoms with van der Waals surface area (Å²) in [5, 5.41) is 17.6. The molecule has 0 aliphatic carbocycles. The highest BCUT2D eigenvalue weighted by Gasteiger charge is 2.09. The Morgan fingerprint density at radius 2 is 2.23 bits per heavy atom. The summed E-state index contributed by atoms with van der Waals surface area (Å²) in [7, 11) is 0. The normalized spacial score (nSPS) is 10.0. The fourth-order valence-electron chi connectivity index (χ4n) is 1.02. The van der Waals surface area contributed by atoms with Gasteiger partial charge in [0.05, 0.1) is 12.2 Å². The lowest BCUT2D eigenvalue weighted by Crippen LogP contribution is -2.00. The molecule has 0 saturated heterocycles. The molecule has 13 heavy (non-hydrogen) atoms. The summed E-state index contributed by atoms with van der Waals surface area (Å²) in [5.41, 5.74) is 0.870. The first kappa shape index (κ1) is 10.1. The molecule has 2 N–H and O–H groups in total. The number of thioether (sulfide) groups is 1. The van der Waals surface area contributed by atoms with E-state index in [1.54, 1.807) is 12.1 Å². The summed E-state index contributed by atoms with van der Waals surface area (Å²) < 4.78 is 0. The molecule has 0 aromatic heterocycles. The molecule has 0 radical (unpaired) electrons. The minimum absolute atomic E-state index is 0.130. The predicted octanol–water partition coefficient (Wildman–Crippen LogP) is 1.60. The van der Waals surface area contributed by atoms with E-state index in [4.69, 9.17) is 10.2 Å². The van der Waals surface area contributed by atoms with E-state index in [9.17, 15) is 4.79 Å². The maximum Gasteiger partial charge on any atom is 0.336 e. The van der Waals surface area contributed by atoms with Crippen molar-refractivity contribution < 1.29 is 15.0 Å². The van der Waals surface area contributed by atoms with E-state index in [-0.39, 0.29) is 12.2 Å². The largest absolute Gasteiger partial charge is 0.478 e. The molecule has 0 unspecified atom stereocenters. The molecule has 0 saturated carbocycles. The number of hydrogen-bond donors (Lipinski definition) is 2. The first-order valence-corrected chi connectivity index (χ1v) is 4.92. The molecule has 0 aliphatic rings. The van der Waals surface area contributed by atoms with Crippen LogP contribution in [0.3, 0.4) is 0 Å². The minimum atomic E-state index is -0.959. The first-order valence-electron chi connectivity index (χ1n) is 3.70. The molecule has 0 spiro atoms. The van der Waals surface area contributed by atoms with Gasteiger partial charge in [-0.15, -0.1) is 11.8 Å². The second-order valence-electron chi connectivity index (χ2n) is 2.50. The third-order valence-electron chi connectivity index (χ3n) is 1.68. The molecule has 0 aliphatic heterocycles. The Balaban J connectivity index is 3.18. The second-order valence-corrected chi connectivity index (χ2v) is 3.35. The molecule has 0 amide bonds. The van der Waals surface area contributed by atoms with Crippen molar-refractivity contribution in [1.82, 2.24) is 0 Å². The van der Waals surface area contributed by atoms with Crippen molar-refractivity contribution >= 4 is 17.7 Å². The van der Waals surface area contributed by atoms with Crippen molar-refractivity contribution in [2.75, 3.05) is 6.26 Å². The SMILES string of the molecule is CSc1ccc(CO)cc1C(=O)O. The van der Waals surface area contributed by atoms with Crippen LogP contribution in [0, 0.1) is 0 Å². The molecule has 3 nitrogen and oxygen atoms in total. The number of carbonyl (C=O) groups is 1. The molecule has 4 heteroatoms. The van der Waals surface area contributed by atoms with Crippen molar-refractivity contribution in [2.45, 2.75) is 11.5 Å². The van der Waals surface area contributed by atoms with E-state index >= 15 is 0 Å². The number of aromatic carboxylic acids is 1. The van der Waals surface area contributed by atoms with Crippen molar-refractivity contribution in [3.05, 3.63) is 29.3 Å². The topological polar surface area (TPSA) is 57.5 Å². The fourth-order valence-corrected chi connectivity index (χ4v) is 1.59. The molecular formula is C9H10O3S. The number of carboxylic acids is 1. The van der Waals surface area contributed by atoms with Crippen LogP contribution < -0.4 is 0 Å². The van der Waals surface area contributed by atoms with Crippen molar-refractivity contribution in [2.24, 2.45) is 0 Å². The third kappa shape index (κ3) is 2.23. The van der Waals surface area contributed by atoms with E-state index in [1.807, 2.05) is 6.26 Å². The molecule has 0 atom stereocenters. The number of carboxylic acid groups (broad SMARTS) is 1. The Labute approximate surface area is 80.4 Å². The monoisotopic (exact) mass is 198 g/mol. The van der Waals surface area contributed by atoms with Gasteiger partial charge in [0.25, 0.3) is 0 Å². The van der Waals surface area contributed by atoms with Gasteiger partial charge < -0.3 is 10.2 Å². The number of benzene rings is 1. The highest BCUT2D eigenvalue weighted by molar-refractivity contribution is 7.98. The van der Waals surface area contributed by atoms with E-state index in [0.29, 0.717) is 10.5 Å². The van der Waals surface area contributed by atoms with E-state index in [0.717, 1.165) is 0 Å². The summed E-state index contributed by atoms with van der Waals surface area (Å²) in [6.45, 7) is -0.130. The van der Waals surface area contributed by atoms with Crippen LogP contribution in [0.15, 0.2) is 23.1 Å². The van der Waals surface area contributed by atoms with Gasteiger partial charge in [0, 0.05) is 4.90 Å². The summed E-state index contributed by atoms with van der Waals surface area (Å²) in [5.74, 6) is -0.959. The zero-order valence-corrected chi connectivity index (χ0v) is 7.97. The first-order chi connectivity index (χ1) is 6.19. The average molecular weight is 198 g/mol. The van der Waals surface area contributed by atoms with E-state index in [1.165, 1.54) is 17.8 Å². The fraction of sp³-hybridized carbons (Fsp3) is 0.222. The van der Waals surface area contributed by atoms with Crippen LogP contribution in [0.1, 0.15) is 15.9 Å². The minimum Gasteiger partial charge on any atom is -0.478 e. The van der Waals surface area contributed by atoms with Crippen LogP contribution in [0.4, 0.5) is 0 Å².